The average Bonchev–Trinajstić information content (AvgIpc) is 2.40. The largest absolute Gasteiger partial charge is 0.387 e. The van der Waals surface area contributed by atoms with Gasteiger partial charge in [0.15, 0.2) is 0 Å². The van der Waals surface area contributed by atoms with Crippen LogP contribution in [0.5, 0.6) is 0 Å². The minimum Gasteiger partial charge on any atom is -0.387 e. The molecule has 1 saturated heterocycles. The van der Waals surface area contributed by atoms with Crippen molar-refractivity contribution in [1.82, 2.24) is 4.98 Å². The van der Waals surface area contributed by atoms with Gasteiger partial charge in [-0.15, -0.1) is 0 Å². The summed E-state index contributed by atoms with van der Waals surface area (Å²) < 4.78 is 0. The Balaban J connectivity index is 1.95. The van der Waals surface area contributed by atoms with E-state index in [1.165, 1.54) is 44.5 Å². The third-order valence-electron chi connectivity index (χ3n) is 3.69. The molecule has 1 aromatic rings. The van der Waals surface area contributed by atoms with Gasteiger partial charge in [-0.3, -0.25) is 4.98 Å². The van der Waals surface area contributed by atoms with Crippen molar-refractivity contribution < 1.29 is 0 Å². The fourth-order valence-electron chi connectivity index (χ4n) is 2.63. The molecule has 3 heteroatoms. The Bertz CT molecular complexity index is 343. The fraction of sp³-hybridized carbons (Fsp3) is 0.643. The summed E-state index contributed by atoms with van der Waals surface area (Å²) in [5.74, 6) is 0.941. The van der Waals surface area contributed by atoms with Crippen molar-refractivity contribution >= 4 is 11.4 Å². The van der Waals surface area contributed by atoms with Crippen LogP contribution in [0.25, 0.3) is 0 Å². The van der Waals surface area contributed by atoms with Crippen molar-refractivity contribution in [2.24, 2.45) is 5.92 Å². The van der Waals surface area contributed by atoms with Gasteiger partial charge in [0.05, 0.1) is 23.8 Å². The monoisotopic (exact) mass is 233 g/mol. The van der Waals surface area contributed by atoms with Crippen molar-refractivity contribution in [3.63, 3.8) is 0 Å². The van der Waals surface area contributed by atoms with Crippen LogP contribution in [-0.4, -0.2) is 25.1 Å². The van der Waals surface area contributed by atoms with E-state index in [1.54, 1.807) is 0 Å². The number of piperidine rings is 1. The molecule has 0 bridgehead atoms. The first-order valence-corrected chi connectivity index (χ1v) is 6.71. The van der Waals surface area contributed by atoms with Crippen molar-refractivity contribution in [3.05, 3.63) is 18.5 Å². The highest BCUT2D eigenvalue weighted by Crippen LogP contribution is 2.26. The summed E-state index contributed by atoms with van der Waals surface area (Å²) in [7, 11) is 1.94. The summed E-state index contributed by atoms with van der Waals surface area (Å²) in [6, 6.07) is 2.19. The molecule has 1 N–H and O–H groups in total. The number of hydrogen-bond donors (Lipinski definition) is 1. The minimum absolute atomic E-state index is 0.941. The number of aromatic nitrogens is 1. The quantitative estimate of drug-likeness (QED) is 0.866. The number of nitrogens with one attached hydrogen (secondary N) is 1. The standard InChI is InChI=1S/C14H23N3/c1-3-4-12-5-7-17(8-6-12)14-9-13(15-2)10-16-11-14/h9-12,15H,3-8H2,1-2H3. The molecule has 1 aliphatic heterocycles. The van der Waals surface area contributed by atoms with E-state index < -0.39 is 0 Å². The third-order valence-corrected chi connectivity index (χ3v) is 3.69. The van der Waals surface area contributed by atoms with Crippen molar-refractivity contribution in [2.45, 2.75) is 32.6 Å². The van der Waals surface area contributed by atoms with E-state index in [-0.39, 0.29) is 0 Å². The Morgan fingerprint density at radius 2 is 2.12 bits per heavy atom. The highest BCUT2D eigenvalue weighted by Gasteiger charge is 2.18. The number of anilines is 2. The smallest absolute Gasteiger partial charge is 0.0573 e. The van der Waals surface area contributed by atoms with Gasteiger partial charge >= 0.3 is 0 Å². The van der Waals surface area contributed by atoms with Crippen LogP contribution in [0.2, 0.25) is 0 Å². The van der Waals surface area contributed by atoms with Crippen LogP contribution in [-0.2, 0) is 0 Å². The molecule has 0 aliphatic carbocycles. The van der Waals surface area contributed by atoms with Crippen molar-refractivity contribution in [3.8, 4) is 0 Å². The zero-order valence-corrected chi connectivity index (χ0v) is 10.9. The maximum Gasteiger partial charge on any atom is 0.0573 e. The average molecular weight is 233 g/mol. The summed E-state index contributed by atoms with van der Waals surface area (Å²) in [4.78, 5) is 6.74. The topological polar surface area (TPSA) is 28.2 Å². The predicted molar refractivity (Wildman–Crippen MR) is 73.6 cm³/mol. The third kappa shape index (κ3) is 3.11. The second-order valence-corrected chi connectivity index (χ2v) is 4.90. The van der Waals surface area contributed by atoms with Crippen LogP contribution in [0.1, 0.15) is 32.6 Å². The lowest BCUT2D eigenvalue weighted by Gasteiger charge is -2.33. The van der Waals surface area contributed by atoms with E-state index in [2.05, 4.69) is 28.2 Å². The highest BCUT2D eigenvalue weighted by molar-refractivity contribution is 5.55. The maximum absolute atomic E-state index is 4.28. The molecule has 1 aromatic heterocycles. The maximum atomic E-state index is 4.28. The summed E-state index contributed by atoms with van der Waals surface area (Å²) in [5.41, 5.74) is 2.35. The summed E-state index contributed by atoms with van der Waals surface area (Å²) in [5, 5.41) is 3.15. The number of rotatable bonds is 4. The fourth-order valence-corrected chi connectivity index (χ4v) is 2.63. The lowest BCUT2D eigenvalue weighted by atomic mass is 9.92. The molecule has 1 aliphatic rings. The molecule has 0 saturated carbocycles. The lowest BCUT2D eigenvalue weighted by molar-refractivity contribution is 0.378. The van der Waals surface area contributed by atoms with Crippen LogP contribution < -0.4 is 10.2 Å². The van der Waals surface area contributed by atoms with Crippen LogP contribution in [0, 0.1) is 5.92 Å². The van der Waals surface area contributed by atoms with Gasteiger partial charge in [0.25, 0.3) is 0 Å². The number of hydrogen-bond acceptors (Lipinski definition) is 3. The molecule has 0 unspecified atom stereocenters. The Kier molecular flexibility index (Phi) is 4.24. The molecule has 1 fully saturated rings. The highest BCUT2D eigenvalue weighted by atomic mass is 15.1. The van der Waals surface area contributed by atoms with E-state index in [1.807, 2.05) is 19.4 Å². The molecule has 0 aromatic carbocycles. The Morgan fingerprint density at radius 3 is 2.76 bits per heavy atom. The molecular weight excluding hydrogens is 210 g/mol. The van der Waals surface area contributed by atoms with Gasteiger partial charge in [0, 0.05) is 20.1 Å². The van der Waals surface area contributed by atoms with Crippen LogP contribution in [0.4, 0.5) is 11.4 Å². The molecule has 3 nitrogen and oxygen atoms in total. The first-order valence-electron chi connectivity index (χ1n) is 6.71. The molecule has 2 rings (SSSR count). The van der Waals surface area contributed by atoms with E-state index in [0.29, 0.717) is 0 Å². The van der Waals surface area contributed by atoms with Crippen LogP contribution >= 0.6 is 0 Å². The molecule has 17 heavy (non-hydrogen) atoms. The molecule has 2 heterocycles. The first kappa shape index (κ1) is 12.2. The Morgan fingerprint density at radius 1 is 1.35 bits per heavy atom. The second kappa shape index (κ2) is 5.89. The molecule has 0 amide bonds. The van der Waals surface area contributed by atoms with E-state index >= 15 is 0 Å². The van der Waals surface area contributed by atoms with E-state index in [4.69, 9.17) is 0 Å². The Hall–Kier alpha value is -1.25. The molecule has 94 valence electrons. The number of pyridine rings is 1. The van der Waals surface area contributed by atoms with Crippen molar-refractivity contribution in [2.75, 3.05) is 30.4 Å². The molecular formula is C14H23N3. The summed E-state index contributed by atoms with van der Waals surface area (Å²) >= 11 is 0. The van der Waals surface area contributed by atoms with Gasteiger partial charge in [-0.05, 0) is 24.8 Å². The van der Waals surface area contributed by atoms with Gasteiger partial charge in [0.1, 0.15) is 0 Å². The molecule has 0 radical (unpaired) electrons. The van der Waals surface area contributed by atoms with Crippen LogP contribution in [0.3, 0.4) is 0 Å². The second-order valence-electron chi connectivity index (χ2n) is 4.90. The Labute approximate surface area is 104 Å². The molecule has 0 spiro atoms. The zero-order chi connectivity index (χ0) is 12.1. The van der Waals surface area contributed by atoms with Gasteiger partial charge in [-0.1, -0.05) is 19.8 Å². The first-order chi connectivity index (χ1) is 8.33. The van der Waals surface area contributed by atoms with Crippen LogP contribution in [0.15, 0.2) is 18.5 Å². The summed E-state index contributed by atoms with van der Waals surface area (Å²) in [6.45, 7) is 4.64. The van der Waals surface area contributed by atoms with Gasteiger partial charge in [0.2, 0.25) is 0 Å². The zero-order valence-electron chi connectivity index (χ0n) is 10.9. The van der Waals surface area contributed by atoms with Crippen molar-refractivity contribution in [1.29, 1.82) is 0 Å². The predicted octanol–water partition coefficient (Wildman–Crippen LogP) is 3.14. The normalized spacial score (nSPS) is 17.2. The SMILES string of the molecule is CCCC1CCN(c2cncc(NC)c2)CC1. The van der Waals surface area contributed by atoms with Gasteiger partial charge in [-0.25, -0.2) is 0 Å². The lowest BCUT2D eigenvalue weighted by Crippen LogP contribution is -2.33. The minimum atomic E-state index is 0.941. The molecule has 0 atom stereocenters. The van der Waals surface area contributed by atoms with Gasteiger partial charge in [-0.2, -0.15) is 0 Å². The summed E-state index contributed by atoms with van der Waals surface area (Å²) in [6.07, 6.45) is 9.22. The number of nitrogens with zero attached hydrogens (tertiary/aromatic N) is 2. The van der Waals surface area contributed by atoms with E-state index in [0.717, 1.165) is 11.6 Å². The van der Waals surface area contributed by atoms with Gasteiger partial charge < -0.3 is 10.2 Å². The van der Waals surface area contributed by atoms with E-state index in [9.17, 15) is 0 Å².